The average Bonchev–Trinajstić information content (AvgIpc) is 2.69. The summed E-state index contributed by atoms with van der Waals surface area (Å²) in [6.45, 7) is 2.10. The van der Waals surface area contributed by atoms with E-state index >= 15 is 0 Å². The fourth-order valence-corrected chi connectivity index (χ4v) is 3.05. The lowest BCUT2D eigenvalue weighted by atomic mass is 9.99. The first-order chi connectivity index (χ1) is 12.7. The van der Waals surface area contributed by atoms with E-state index in [1.54, 1.807) is 0 Å². The number of nitrogens with two attached hydrogens (primary N) is 1. The van der Waals surface area contributed by atoms with Gasteiger partial charge in [-0.3, -0.25) is 0 Å². The number of aryl methyl sites for hydroxylation is 1. The molecule has 0 radical (unpaired) electrons. The second-order valence-electron chi connectivity index (χ2n) is 6.48. The molecule has 0 unspecified atom stereocenters. The van der Waals surface area contributed by atoms with Crippen LogP contribution < -0.4 is 5.73 Å². The highest BCUT2D eigenvalue weighted by Crippen LogP contribution is 2.30. The third-order valence-electron chi connectivity index (χ3n) is 4.46. The SMILES string of the molecule is Cc1ccc(-c2cc(-c3ccccc3)nc(-c3cccc(N)c3)c2)cc1. The second kappa shape index (κ2) is 6.85. The Kier molecular flexibility index (Phi) is 4.24. The molecule has 0 saturated carbocycles. The minimum absolute atomic E-state index is 0.742. The summed E-state index contributed by atoms with van der Waals surface area (Å²) < 4.78 is 0. The minimum Gasteiger partial charge on any atom is -0.399 e. The molecule has 4 aromatic rings. The molecule has 1 aromatic heterocycles. The maximum Gasteiger partial charge on any atom is 0.0716 e. The predicted molar refractivity (Wildman–Crippen MR) is 110 cm³/mol. The molecular formula is C24H20N2. The molecule has 0 aliphatic rings. The summed E-state index contributed by atoms with van der Waals surface area (Å²) in [6, 6.07) is 31.0. The zero-order chi connectivity index (χ0) is 17.9. The van der Waals surface area contributed by atoms with Crippen molar-refractivity contribution in [1.29, 1.82) is 0 Å². The molecule has 0 saturated heterocycles. The van der Waals surface area contributed by atoms with Gasteiger partial charge in [-0.2, -0.15) is 0 Å². The second-order valence-corrected chi connectivity index (χ2v) is 6.48. The summed E-state index contributed by atoms with van der Waals surface area (Å²) in [5.41, 5.74) is 14.3. The summed E-state index contributed by atoms with van der Waals surface area (Å²) in [4.78, 5) is 4.90. The summed E-state index contributed by atoms with van der Waals surface area (Å²) >= 11 is 0. The van der Waals surface area contributed by atoms with Crippen molar-refractivity contribution >= 4 is 5.69 Å². The van der Waals surface area contributed by atoms with E-state index in [1.807, 2.05) is 42.5 Å². The number of nitrogen functional groups attached to an aromatic ring is 1. The lowest BCUT2D eigenvalue weighted by molar-refractivity contribution is 1.32. The van der Waals surface area contributed by atoms with E-state index in [-0.39, 0.29) is 0 Å². The van der Waals surface area contributed by atoms with Crippen molar-refractivity contribution in [1.82, 2.24) is 4.98 Å². The molecule has 126 valence electrons. The van der Waals surface area contributed by atoms with Crippen LogP contribution in [0.5, 0.6) is 0 Å². The van der Waals surface area contributed by atoms with Crippen LogP contribution in [0.1, 0.15) is 5.56 Å². The molecular weight excluding hydrogens is 316 g/mol. The Morgan fingerprint density at radius 2 is 1.23 bits per heavy atom. The normalized spacial score (nSPS) is 10.7. The Morgan fingerprint density at radius 3 is 1.92 bits per heavy atom. The molecule has 0 fully saturated rings. The van der Waals surface area contributed by atoms with Gasteiger partial charge >= 0.3 is 0 Å². The number of aromatic nitrogens is 1. The fraction of sp³-hybridized carbons (Fsp3) is 0.0417. The molecule has 3 aromatic carbocycles. The zero-order valence-electron chi connectivity index (χ0n) is 14.7. The van der Waals surface area contributed by atoms with Gasteiger partial charge in [-0.1, -0.05) is 72.3 Å². The van der Waals surface area contributed by atoms with Crippen molar-refractivity contribution in [3.05, 3.63) is 96.6 Å². The van der Waals surface area contributed by atoms with Crippen LogP contribution in [0.25, 0.3) is 33.6 Å². The van der Waals surface area contributed by atoms with Gasteiger partial charge in [0.2, 0.25) is 0 Å². The van der Waals surface area contributed by atoms with Crippen molar-refractivity contribution in [2.75, 3.05) is 5.73 Å². The number of nitrogens with zero attached hydrogens (tertiary/aromatic N) is 1. The third-order valence-corrected chi connectivity index (χ3v) is 4.46. The molecule has 0 amide bonds. The first-order valence-electron chi connectivity index (χ1n) is 8.69. The highest BCUT2D eigenvalue weighted by atomic mass is 14.7. The standard InChI is InChI=1S/C24H20N2/c1-17-10-12-18(13-11-17)21-15-23(19-6-3-2-4-7-19)26-24(16-21)20-8-5-9-22(25)14-20/h2-16H,25H2,1H3. The van der Waals surface area contributed by atoms with Crippen LogP contribution in [-0.2, 0) is 0 Å². The van der Waals surface area contributed by atoms with Crippen molar-refractivity contribution in [3.8, 4) is 33.6 Å². The highest BCUT2D eigenvalue weighted by Gasteiger charge is 2.09. The van der Waals surface area contributed by atoms with Gasteiger partial charge in [0.25, 0.3) is 0 Å². The Bertz CT molecular complexity index is 1040. The van der Waals surface area contributed by atoms with Gasteiger partial charge in [0.1, 0.15) is 0 Å². The molecule has 2 N–H and O–H groups in total. The van der Waals surface area contributed by atoms with E-state index in [0.717, 1.165) is 33.8 Å². The number of rotatable bonds is 3. The molecule has 2 heteroatoms. The molecule has 26 heavy (non-hydrogen) atoms. The van der Waals surface area contributed by atoms with Gasteiger partial charge in [0, 0.05) is 16.8 Å². The van der Waals surface area contributed by atoms with Crippen LogP contribution in [0.2, 0.25) is 0 Å². The van der Waals surface area contributed by atoms with Crippen molar-refractivity contribution in [2.45, 2.75) is 6.92 Å². The Balaban J connectivity index is 1.91. The highest BCUT2D eigenvalue weighted by molar-refractivity contribution is 5.77. The van der Waals surface area contributed by atoms with Crippen LogP contribution >= 0.6 is 0 Å². The predicted octanol–water partition coefficient (Wildman–Crippen LogP) is 5.97. The molecule has 0 bridgehead atoms. The fourth-order valence-electron chi connectivity index (χ4n) is 3.05. The van der Waals surface area contributed by atoms with Crippen molar-refractivity contribution in [3.63, 3.8) is 0 Å². The van der Waals surface area contributed by atoms with Gasteiger partial charge in [0.15, 0.2) is 0 Å². The molecule has 0 aliphatic carbocycles. The van der Waals surface area contributed by atoms with Crippen molar-refractivity contribution in [2.24, 2.45) is 0 Å². The van der Waals surface area contributed by atoms with Gasteiger partial charge in [-0.25, -0.2) is 4.98 Å². The largest absolute Gasteiger partial charge is 0.399 e. The van der Waals surface area contributed by atoms with E-state index in [2.05, 4.69) is 55.5 Å². The lowest BCUT2D eigenvalue weighted by Crippen LogP contribution is -1.92. The van der Waals surface area contributed by atoms with E-state index in [4.69, 9.17) is 10.7 Å². The van der Waals surface area contributed by atoms with Gasteiger partial charge in [0.05, 0.1) is 11.4 Å². The molecule has 0 aliphatic heterocycles. The Labute approximate surface area is 154 Å². The Hall–Kier alpha value is -3.39. The number of benzene rings is 3. The smallest absolute Gasteiger partial charge is 0.0716 e. The maximum absolute atomic E-state index is 5.98. The average molecular weight is 336 g/mol. The first kappa shape index (κ1) is 16.1. The van der Waals surface area contributed by atoms with Gasteiger partial charge in [-0.15, -0.1) is 0 Å². The Morgan fingerprint density at radius 1 is 0.577 bits per heavy atom. The minimum atomic E-state index is 0.742. The van der Waals surface area contributed by atoms with Crippen LogP contribution in [0.3, 0.4) is 0 Å². The van der Waals surface area contributed by atoms with Crippen molar-refractivity contribution < 1.29 is 0 Å². The monoisotopic (exact) mass is 336 g/mol. The molecule has 0 spiro atoms. The van der Waals surface area contributed by atoms with Gasteiger partial charge < -0.3 is 5.73 Å². The van der Waals surface area contributed by atoms with E-state index in [1.165, 1.54) is 11.1 Å². The van der Waals surface area contributed by atoms with E-state index < -0.39 is 0 Å². The topological polar surface area (TPSA) is 38.9 Å². The van der Waals surface area contributed by atoms with Crippen LogP contribution in [-0.4, -0.2) is 4.98 Å². The van der Waals surface area contributed by atoms with Crippen LogP contribution in [0.15, 0.2) is 91.0 Å². The summed E-state index contributed by atoms with van der Waals surface area (Å²) in [5, 5.41) is 0. The summed E-state index contributed by atoms with van der Waals surface area (Å²) in [7, 11) is 0. The number of anilines is 1. The van der Waals surface area contributed by atoms with E-state index in [9.17, 15) is 0 Å². The molecule has 2 nitrogen and oxygen atoms in total. The first-order valence-corrected chi connectivity index (χ1v) is 8.69. The zero-order valence-corrected chi connectivity index (χ0v) is 14.7. The summed E-state index contributed by atoms with van der Waals surface area (Å²) in [6.07, 6.45) is 0. The quantitative estimate of drug-likeness (QED) is 0.468. The maximum atomic E-state index is 5.98. The number of hydrogen-bond donors (Lipinski definition) is 1. The van der Waals surface area contributed by atoms with Crippen LogP contribution in [0, 0.1) is 6.92 Å². The molecule has 1 heterocycles. The third kappa shape index (κ3) is 3.35. The molecule has 0 atom stereocenters. The van der Waals surface area contributed by atoms with E-state index in [0.29, 0.717) is 0 Å². The summed E-state index contributed by atoms with van der Waals surface area (Å²) in [5.74, 6) is 0. The number of pyridine rings is 1. The number of hydrogen-bond acceptors (Lipinski definition) is 2. The lowest BCUT2D eigenvalue weighted by Gasteiger charge is -2.11. The molecule has 4 rings (SSSR count). The van der Waals surface area contributed by atoms with Crippen LogP contribution in [0.4, 0.5) is 5.69 Å². The van der Waals surface area contributed by atoms with Gasteiger partial charge in [-0.05, 0) is 42.3 Å².